The van der Waals surface area contributed by atoms with Crippen molar-refractivity contribution in [2.45, 2.75) is 13.2 Å². The second kappa shape index (κ2) is 7.57. The van der Waals surface area contributed by atoms with Crippen LogP contribution in [0.4, 0.5) is 8.78 Å². The van der Waals surface area contributed by atoms with E-state index in [2.05, 4.69) is 15.2 Å². The normalized spacial score (nSPS) is 10.7. The summed E-state index contributed by atoms with van der Waals surface area (Å²) < 4.78 is 30.2. The lowest BCUT2D eigenvalue weighted by Gasteiger charge is -2.06. The number of carbonyl (C=O) groups excluding carboxylic acids is 1. The first-order valence-corrected chi connectivity index (χ1v) is 7.54. The van der Waals surface area contributed by atoms with Gasteiger partial charge in [0.1, 0.15) is 5.75 Å². The van der Waals surface area contributed by atoms with Crippen LogP contribution in [0.15, 0.2) is 67.0 Å². The Morgan fingerprint density at radius 2 is 1.84 bits per heavy atom. The van der Waals surface area contributed by atoms with E-state index in [4.69, 9.17) is 0 Å². The lowest BCUT2D eigenvalue weighted by atomic mass is 10.2. The number of hydrogen-bond acceptors (Lipinski definition) is 3. The summed E-state index contributed by atoms with van der Waals surface area (Å²) in [6, 6.07) is 15.1. The Labute approximate surface area is 142 Å². The Morgan fingerprint density at radius 3 is 2.52 bits per heavy atom. The van der Waals surface area contributed by atoms with Crippen molar-refractivity contribution in [2.75, 3.05) is 0 Å². The summed E-state index contributed by atoms with van der Waals surface area (Å²) in [6.07, 6.45) is 3.50. The van der Waals surface area contributed by atoms with Gasteiger partial charge in [0, 0.05) is 23.9 Å². The number of alkyl halides is 2. The number of nitrogens with one attached hydrogen (secondary N) is 1. The maximum absolute atomic E-state index is 12.1. The van der Waals surface area contributed by atoms with Gasteiger partial charge in [0.25, 0.3) is 5.91 Å². The Morgan fingerprint density at radius 1 is 1.12 bits per heavy atom. The molecule has 0 aliphatic heterocycles. The average molecular weight is 343 g/mol. The number of amides is 1. The number of para-hydroxylation sites is 1. The van der Waals surface area contributed by atoms with Crippen molar-refractivity contribution in [1.82, 2.24) is 15.1 Å². The highest BCUT2D eigenvalue weighted by atomic mass is 19.3. The summed E-state index contributed by atoms with van der Waals surface area (Å²) in [5.41, 5.74) is 2.13. The molecular weight excluding hydrogens is 328 g/mol. The molecule has 5 nitrogen and oxygen atoms in total. The second-order valence-corrected chi connectivity index (χ2v) is 5.21. The van der Waals surface area contributed by atoms with E-state index in [1.807, 2.05) is 36.5 Å². The minimum atomic E-state index is -2.89. The molecule has 25 heavy (non-hydrogen) atoms. The van der Waals surface area contributed by atoms with E-state index in [0.29, 0.717) is 12.1 Å². The van der Waals surface area contributed by atoms with Crippen molar-refractivity contribution in [3.8, 4) is 11.4 Å². The number of ether oxygens (including phenoxy) is 1. The van der Waals surface area contributed by atoms with Gasteiger partial charge >= 0.3 is 6.61 Å². The van der Waals surface area contributed by atoms with Crippen LogP contribution >= 0.6 is 0 Å². The highest BCUT2D eigenvalue weighted by molar-refractivity contribution is 5.94. The first-order valence-electron chi connectivity index (χ1n) is 7.54. The Bertz CT molecular complexity index is 833. The number of hydrogen-bond donors (Lipinski definition) is 1. The SMILES string of the molecule is O=C(NCc1cnn(-c2ccccc2)c1)c1ccc(OC(F)F)cc1. The lowest BCUT2D eigenvalue weighted by Crippen LogP contribution is -2.22. The predicted molar refractivity (Wildman–Crippen MR) is 87.8 cm³/mol. The van der Waals surface area contributed by atoms with Gasteiger partial charge < -0.3 is 10.1 Å². The van der Waals surface area contributed by atoms with Crippen molar-refractivity contribution in [1.29, 1.82) is 0 Å². The fourth-order valence-electron chi connectivity index (χ4n) is 2.25. The summed E-state index contributed by atoms with van der Waals surface area (Å²) in [5.74, 6) is -0.299. The van der Waals surface area contributed by atoms with Crippen LogP contribution in [0.5, 0.6) is 5.75 Å². The van der Waals surface area contributed by atoms with Gasteiger partial charge in [0.2, 0.25) is 0 Å². The van der Waals surface area contributed by atoms with Crippen molar-refractivity contribution in [2.24, 2.45) is 0 Å². The van der Waals surface area contributed by atoms with Crippen LogP contribution in [-0.2, 0) is 6.54 Å². The molecule has 0 aliphatic carbocycles. The van der Waals surface area contributed by atoms with Crippen LogP contribution in [0.3, 0.4) is 0 Å². The van der Waals surface area contributed by atoms with Crippen LogP contribution in [0.2, 0.25) is 0 Å². The zero-order valence-electron chi connectivity index (χ0n) is 13.1. The first kappa shape index (κ1) is 16.6. The monoisotopic (exact) mass is 343 g/mol. The number of benzene rings is 2. The molecule has 3 aromatic rings. The molecule has 1 aromatic heterocycles. The van der Waals surface area contributed by atoms with Gasteiger partial charge in [-0.2, -0.15) is 13.9 Å². The molecule has 128 valence electrons. The molecule has 0 spiro atoms. The number of aromatic nitrogens is 2. The van der Waals surface area contributed by atoms with E-state index < -0.39 is 6.61 Å². The zero-order valence-corrected chi connectivity index (χ0v) is 13.1. The van der Waals surface area contributed by atoms with Gasteiger partial charge in [0.15, 0.2) is 0 Å². The summed E-state index contributed by atoms with van der Waals surface area (Å²) in [4.78, 5) is 12.1. The molecule has 0 atom stereocenters. The minimum absolute atomic E-state index is 0.00990. The van der Waals surface area contributed by atoms with Crippen molar-refractivity contribution < 1.29 is 18.3 Å². The largest absolute Gasteiger partial charge is 0.435 e. The third-order valence-electron chi connectivity index (χ3n) is 3.45. The van der Waals surface area contributed by atoms with Gasteiger partial charge in [-0.25, -0.2) is 4.68 Å². The summed E-state index contributed by atoms with van der Waals surface area (Å²) in [7, 11) is 0. The van der Waals surface area contributed by atoms with E-state index in [1.165, 1.54) is 24.3 Å². The van der Waals surface area contributed by atoms with Crippen LogP contribution in [0.25, 0.3) is 5.69 Å². The van der Waals surface area contributed by atoms with Gasteiger partial charge in [-0.05, 0) is 36.4 Å². The van der Waals surface area contributed by atoms with Crippen LogP contribution in [-0.4, -0.2) is 22.3 Å². The molecule has 0 radical (unpaired) electrons. The Hall–Kier alpha value is -3.22. The van der Waals surface area contributed by atoms with Crippen molar-refractivity contribution in [3.63, 3.8) is 0 Å². The molecule has 2 aromatic carbocycles. The van der Waals surface area contributed by atoms with Crippen molar-refractivity contribution >= 4 is 5.91 Å². The summed E-state index contributed by atoms with van der Waals surface area (Å²) in [5, 5.41) is 7.01. The molecule has 1 heterocycles. The molecule has 0 aliphatic rings. The van der Waals surface area contributed by atoms with Gasteiger partial charge in [-0.1, -0.05) is 18.2 Å². The van der Waals surface area contributed by atoms with E-state index in [1.54, 1.807) is 10.9 Å². The average Bonchev–Trinajstić information content (AvgIpc) is 3.10. The number of rotatable bonds is 6. The molecule has 1 N–H and O–H groups in total. The third-order valence-corrected chi connectivity index (χ3v) is 3.45. The zero-order chi connectivity index (χ0) is 17.6. The maximum Gasteiger partial charge on any atom is 0.387 e. The topological polar surface area (TPSA) is 56.2 Å². The Kier molecular flexibility index (Phi) is 5.03. The third kappa shape index (κ3) is 4.41. The van der Waals surface area contributed by atoms with Crippen molar-refractivity contribution in [3.05, 3.63) is 78.1 Å². The fourth-order valence-corrected chi connectivity index (χ4v) is 2.25. The van der Waals surface area contributed by atoms with E-state index in [-0.39, 0.29) is 11.7 Å². The van der Waals surface area contributed by atoms with E-state index in [9.17, 15) is 13.6 Å². The quantitative estimate of drug-likeness (QED) is 0.746. The number of nitrogens with zero attached hydrogens (tertiary/aromatic N) is 2. The second-order valence-electron chi connectivity index (χ2n) is 5.21. The standard InChI is InChI=1S/C18H15F2N3O2/c19-18(20)25-16-8-6-14(7-9-16)17(24)21-10-13-11-22-23(12-13)15-4-2-1-3-5-15/h1-9,11-12,18H,10H2,(H,21,24). The van der Waals surface area contributed by atoms with Gasteiger partial charge in [-0.15, -0.1) is 0 Å². The molecule has 7 heteroatoms. The minimum Gasteiger partial charge on any atom is -0.435 e. The van der Waals surface area contributed by atoms with Gasteiger partial charge in [-0.3, -0.25) is 4.79 Å². The highest BCUT2D eigenvalue weighted by Crippen LogP contribution is 2.15. The Balaban J connectivity index is 1.58. The molecule has 0 bridgehead atoms. The molecular formula is C18H15F2N3O2. The lowest BCUT2D eigenvalue weighted by molar-refractivity contribution is -0.0498. The fraction of sp³-hybridized carbons (Fsp3) is 0.111. The van der Waals surface area contributed by atoms with Crippen LogP contribution < -0.4 is 10.1 Å². The van der Waals surface area contributed by atoms with Gasteiger partial charge in [0.05, 0.1) is 11.9 Å². The molecule has 1 amide bonds. The summed E-state index contributed by atoms with van der Waals surface area (Å²) >= 11 is 0. The molecule has 0 fully saturated rings. The maximum atomic E-state index is 12.1. The smallest absolute Gasteiger partial charge is 0.387 e. The number of halogens is 2. The number of carbonyl (C=O) groups is 1. The molecule has 0 unspecified atom stereocenters. The predicted octanol–water partition coefficient (Wildman–Crippen LogP) is 3.40. The van der Waals surface area contributed by atoms with E-state index >= 15 is 0 Å². The highest BCUT2D eigenvalue weighted by Gasteiger charge is 2.09. The molecule has 3 rings (SSSR count). The summed E-state index contributed by atoms with van der Waals surface area (Å²) in [6.45, 7) is -2.58. The van der Waals surface area contributed by atoms with E-state index in [0.717, 1.165) is 11.3 Å². The van der Waals surface area contributed by atoms with Crippen LogP contribution in [0.1, 0.15) is 15.9 Å². The van der Waals surface area contributed by atoms with Crippen LogP contribution in [0, 0.1) is 0 Å². The first-order chi connectivity index (χ1) is 12.1. The molecule has 0 saturated heterocycles. The molecule has 0 saturated carbocycles.